The first kappa shape index (κ1) is 31.2. The molecule has 1 atom stereocenters. The maximum Gasteiger partial charge on any atom is 0.451 e. The number of rotatable bonds is 4. The maximum absolute atomic E-state index is 14.0. The molecule has 1 aromatic heterocycles. The zero-order valence-corrected chi connectivity index (χ0v) is 23.4. The number of halogens is 5. The second-order valence-electron chi connectivity index (χ2n) is 10.4. The molecule has 0 saturated carbocycles. The molecular weight excluding hydrogens is 561 g/mol. The van der Waals surface area contributed by atoms with Crippen LogP contribution in [0.5, 0.6) is 0 Å². The predicted molar refractivity (Wildman–Crippen MR) is 138 cm³/mol. The van der Waals surface area contributed by atoms with Crippen LogP contribution in [0.3, 0.4) is 0 Å². The summed E-state index contributed by atoms with van der Waals surface area (Å²) < 4.78 is 90.3. The van der Waals surface area contributed by atoms with Crippen molar-refractivity contribution in [1.82, 2.24) is 9.97 Å². The highest BCUT2D eigenvalue weighted by Crippen LogP contribution is 2.34. The molecule has 2 amide bonds. The lowest BCUT2D eigenvalue weighted by molar-refractivity contribution is -0.145. The summed E-state index contributed by atoms with van der Waals surface area (Å²) in [5, 5.41) is 2.51. The monoisotopic (exact) mass is 591 g/mol. The Morgan fingerprint density at radius 1 is 1.12 bits per heavy atom. The van der Waals surface area contributed by atoms with E-state index in [0.29, 0.717) is 0 Å². The van der Waals surface area contributed by atoms with Crippen LogP contribution in [-0.2, 0) is 20.6 Å². The molecule has 220 valence electrons. The third kappa shape index (κ3) is 8.08. The smallest absolute Gasteiger partial charge is 0.442 e. The van der Waals surface area contributed by atoms with Gasteiger partial charge in [-0.1, -0.05) is 6.07 Å². The minimum Gasteiger partial charge on any atom is -0.442 e. The second kappa shape index (κ2) is 11.3. The van der Waals surface area contributed by atoms with Gasteiger partial charge in [-0.3, -0.25) is 4.79 Å². The summed E-state index contributed by atoms with van der Waals surface area (Å²) in [6.45, 7) is 5.69. The summed E-state index contributed by atoms with van der Waals surface area (Å²) in [5.41, 5.74) is -1.40. The Hall–Kier alpha value is -3.36. The number of anilines is 2. The maximum atomic E-state index is 14.0. The number of hydrogen-bond donors (Lipinski definition) is 1. The van der Waals surface area contributed by atoms with E-state index in [0.717, 1.165) is 0 Å². The van der Waals surface area contributed by atoms with Crippen LogP contribution in [0, 0.1) is 6.92 Å². The fourth-order valence-corrected chi connectivity index (χ4v) is 5.04. The number of carbonyl (C=O) groups is 2. The van der Waals surface area contributed by atoms with Gasteiger partial charge in [0.1, 0.15) is 17.0 Å². The number of amides is 2. The van der Waals surface area contributed by atoms with Crippen LogP contribution in [0.2, 0.25) is 0 Å². The third-order valence-electron chi connectivity index (χ3n) is 5.74. The molecule has 1 aromatic carbocycles. The molecular formula is C25H30F5N5O4S. The van der Waals surface area contributed by atoms with Crippen LogP contribution in [-0.4, -0.2) is 57.0 Å². The second-order valence-corrected chi connectivity index (χ2v) is 12.6. The number of nitrogens with zero attached hydrogens (tertiary/aromatic N) is 4. The van der Waals surface area contributed by atoms with Gasteiger partial charge < -0.3 is 15.0 Å². The van der Waals surface area contributed by atoms with Crippen molar-refractivity contribution in [3.63, 3.8) is 0 Å². The van der Waals surface area contributed by atoms with Gasteiger partial charge in [-0.05, 0) is 52.3 Å². The topological polar surface area (TPSA) is 114 Å². The molecule has 40 heavy (non-hydrogen) atoms. The Kier molecular flexibility index (Phi) is 8.77. The third-order valence-corrected chi connectivity index (χ3v) is 7.37. The number of carbonyl (C=O) groups excluding carboxylic acids is 2. The lowest BCUT2D eigenvalue weighted by atomic mass is 10.1. The summed E-state index contributed by atoms with van der Waals surface area (Å²) >= 11 is 0. The molecule has 2 heterocycles. The first-order valence-electron chi connectivity index (χ1n) is 12.2. The Morgan fingerprint density at radius 2 is 1.80 bits per heavy atom. The van der Waals surface area contributed by atoms with Gasteiger partial charge in [0.25, 0.3) is 5.91 Å². The van der Waals surface area contributed by atoms with Crippen molar-refractivity contribution < 1.29 is 40.5 Å². The van der Waals surface area contributed by atoms with E-state index in [1.165, 1.54) is 42.3 Å². The number of hydrogen-bond acceptors (Lipinski definition) is 7. The van der Waals surface area contributed by atoms with Crippen LogP contribution >= 0.6 is 0 Å². The van der Waals surface area contributed by atoms with Crippen LogP contribution in [0.15, 0.2) is 33.5 Å². The van der Waals surface area contributed by atoms with E-state index in [1.54, 1.807) is 20.8 Å². The standard InChI is InChI=1S/C25H30F5N5O4S/c1-15-18(19(33-21(31-15)25(28,29)30)35-12-7-10-24(26,27)11-13-35)20(36)32-16-8-6-9-17(14-16)40(5,38)34-22(37)39-23(2,3)4/h6,8-9,14H,7,10-13H2,1-5H3,(H,32,36)/t40-/m0/s1. The molecule has 15 heteroatoms. The van der Waals surface area contributed by atoms with E-state index >= 15 is 0 Å². The van der Waals surface area contributed by atoms with E-state index < -0.39 is 63.9 Å². The number of aryl methyl sites for hydroxylation is 1. The van der Waals surface area contributed by atoms with Crippen molar-refractivity contribution in [2.45, 2.75) is 69.6 Å². The van der Waals surface area contributed by atoms with Gasteiger partial charge in [0, 0.05) is 42.8 Å². The summed E-state index contributed by atoms with van der Waals surface area (Å²) in [6, 6.07) is 5.57. The van der Waals surface area contributed by atoms with Crippen molar-refractivity contribution in [1.29, 1.82) is 0 Å². The fraction of sp³-hybridized carbons (Fsp3) is 0.520. The van der Waals surface area contributed by atoms with Crippen molar-refractivity contribution >= 4 is 33.2 Å². The first-order chi connectivity index (χ1) is 18.3. The van der Waals surface area contributed by atoms with Crippen LogP contribution in [0.1, 0.15) is 61.9 Å². The number of benzene rings is 1. The fourth-order valence-electron chi connectivity index (χ4n) is 3.93. The molecule has 2 aromatic rings. The molecule has 1 aliphatic heterocycles. The number of aromatic nitrogens is 2. The highest BCUT2D eigenvalue weighted by Gasteiger charge is 2.39. The Balaban J connectivity index is 1.98. The van der Waals surface area contributed by atoms with E-state index in [2.05, 4.69) is 19.6 Å². The average molecular weight is 592 g/mol. The average Bonchev–Trinajstić information content (AvgIpc) is 2.96. The van der Waals surface area contributed by atoms with Gasteiger partial charge in [-0.2, -0.15) is 13.2 Å². The zero-order valence-electron chi connectivity index (χ0n) is 22.6. The molecule has 0 aliphatic carbocycles. The Bertz CT molecular complexity index is 1420. The molecule has 3 rings (SSSR count). The molecule has 9 nitrogen and oxygen atoms in total. The van der Waals surface area contributed by atoms with Crippen molar-refractivity contribution in [2.75, 3.05) is 29.6 Å². The highest BCUT2D eigenvalue weighted by molar-refractivity contribution is 7.93. The quantitative estimate of drug-likeness (QED) is 0.429. The van der Waals surface area contributed by atoms with Gasteiger partial charge in [0.05, 0.1) is 15.4 Å². The molecule has 0 spiro atoms. The summed E-state index contributed by atoms with van der Waals surface area (Å²) in [6.07, 6.45) is -5.85. The number of ether oxygens (including phenoxy) is 1. The molecule has 1 fully saturated rings. The van der Waals surface area contributed by atoms with E-state index in [-0.39, 0.29) is 41.4 Å². The van der Waals surface area contributed by atoms with Gasteiger partial charge in [-0.25, -0.2) is 27.8 Å². The summed E-state index contributed by atoms with van der Waals surface area (Å²) in [4.78, 5) is 33.8. The zero-order chi connectivity index (χ0) is 30.1. The van der Waals surface area contributed by atoms with Gasteiger partial charge in [0.2, 0.25) is 11.7 Å². The lowest BCUT2D eigenvalue weighted by Gasteiger charge is -2.25. The van der Waals surface area contributed by atoms with Crippen LogP contribution in [0.4, 0.5) is 38.3 Å². The first-order valence-corrected chi connectivity index (χ1v) is 14.1. The number of nitrogens with one attached hydrogen (secondary N) is 1. The van der Waals surface area contributed by atoms with Gasteiger partial charge in [0.15, 0.2) is 0 Å². The minimum absolute atomic E-state index is 0.0213. The Morgan fingerprint density at radius 3 is 2.42 bits per heavy atom. The van der Waals surface area contributed by atoms with Gasteiger partial charge >= 0.3 is 12.3 Å². The summed E-state index contributed by atoms with van der Waals surface area (Å²) in [5.74, 6) is -5.81. The van der Waals surface area contributed by atoms with Crippen molar-refractivity contribution in [2.24, 2.45) is 4.36 Å². The molecule has 1 N–H and O–H groups in total. The normalized spacial score (nSPS) is 17.4. The Labute approximate surface area is 228 Å². The molecule has 1 saturated heterocycles. The van der Waals surface area contributed by atoms with Crippen molar-refractivity contribution in [3.05, 3.63) is 41.3 Å². The van der Waals surface area contributed by atoms with E-state index in [4.69, 9.17) is 4.74 Å². The van der Waals surface area contributed by atoms with Crippen molar-refractivity contribution in [3.8, 4) is 0 Å². The van der Waals surface area contributed by atoms with Crippen LogP contribution in [0.25, 0.3) is 0 Å². The minimum atomic E-state index is -4.93. The highest BCUT2D eigenvalue weighted by atomic mass is 32.2. The van der Waals surface area contributed by atoms with E-state index in [1.807, 2.05) is 0 Å². The molecule has 1 aliphatic rings. The molecule has 0 unspecified atom stereocenters. The summed E-state index contributed by atoms with van der Waals surface area (Å²) in [7, 11) is -3.31. The number of alkyl halides is 5. The molecule has 0 bridgehead atoms. The largest absolute Gasteiger partial charge is 0.451 e. The van der Waals surface area contributed by atoms with Crippen LogP contribution < -0.4 is 10.2 Å². The SMILES string of the molecule is Cc1nc(C(F)(F)F)nc(N2CCCC(F)(F)CC2)c1C(=O)Nc1cccc([S@](C)(=O)=NC(=O)OC(C)(C)C)c1. The molecule has 0 radical (unpaired) electrons. The lowest BCUT2D eigenvalue weighted by Crippen LogP contribution is -2.31. The predicted octanol–water partition coefficient (Wildman–Crippen LogP) is 6.07. The van der Waals surface area contributed by atoms with E-state index in [9.17, 15) is 35.8 Å². The van der Waals surface area contributed by atoms with Gasteiger partial charge in [-0.15, -0.1) is 4.36 Å².